The van der Waals surface area contributed by atoms with E-state index in [0.717, 1.165) is 13.1 Å². The van der Waals surface area contributed by atoms with Crippen molar-refractivity contribution in [3.63, 3.8) is 0 Å². The van der Waals surface area contributed by atoms with Crippen LogP contribution in [0.5, 0.6) is 0 Å². The number of aromatic amines is 1. The molecule has 0 aliphatic carbocycles. The number of aromatic nitrogens is 2. The third kappa shape index (κ3) is 4.12. The number of nitrogens with one attached hydrogen (secondary N) is 2. The fourth-order valence-corrected chi connectivity index (χ4v) is 2.88. The summed E-state index contributed by atoms with van der Waals surface area (Å²) >= 11 is 0. The third-order valence-corrected chi connectivity index (χ3v) is 4.38. The van der Waals surface area contributed by atoms with Gasteiger partial charge in [0.2, 0.25) is 5.95 Å². The first kappa shape index (κ1) is 18.6. The summed E-state index contributed by atoms with van der Waals surface area (Å²) in [7, 11) is 0. The minimum atomic E-state index is -0.804. The monoisotopic (exact) mass is 368 g/mol. The Morgan fingerprint density at radius 1 is 1.50 bits per heavy atom. The zero-order chi connectivity index (χ0) is 18.7. The summed E-state index contributed by atoms with van der Waals surface area (Å²) in [5.41, 5.74) is 5.17. The molecule has 2 saturated heterocycles. The summed E-state index contributed by atoms with van der Waals surface area (Å²) in [5.74, 6) is 0.950. The molecular formula is C15H24N6O5. The number of nitrogens with zero attached hydrogens (tertiary/aromatic N) is 3. The molecule has 2 fully saturated rings. The van der Waals surface area contributed by atoms with E-state index in [1.54, 1.807) is 0 Å². The number of nitrogens with two attached hydrogens (primary N) is 1. The van der Waals surface area contributed by atoms with Crippen molar-refractivity contribution in [1.29, 1.82) is 0 Å². The SMILES string of the molecule is C/C(=N\c1nc(N[C@H]2C[C@@H](O)[C@@H](CO)O2)c(N)c(=O)[nH]1)N1CCOCC1. The Bertz CT molecular complexity index is 717. The smallest absolute Gasteiger partial charge is 0.277 e. The normalized spacial score (nSPS) is 27.0. The number of nitrogen functional groups attached to an aromatic ring is 1. The van der Waals surface area contributed by atoms with Crippen molar-refractivity contribution in [2.75, 3.05) is 44.0 Å². The highest BCUT2D eigenvalue weighted by Crippen LogP contribution is 2.23. The van der Waals surface area contributed by atoms with Gasteiger partial charge in [-0.05, 0) is 6.92 Å². The van der Waals surface area contributed by atoms with Crippen LogP contribution >= 0.6 is 0 Å². The predicted molar refractivity (Wildman–Crippen MR) is 94.4 cm³/mol. The van der Waals surface area contributed by atoms with Crippen LogP contribution in [0.15, 0.2) is 9.79 Å². The quantitative estimate of drug-likeness (QED) is 0.319. The Kier molecular flexibility index (Phi) is 5.71. The van der Waals surface area contributed by atoms with Gasteiger partial charge in [0, 0.05) is 19.5 Å². The van der Waals surface area contributed by atoms with Gasteiger partial charge in [0.25, 0.3) is 5.56 Å². The molecule has 3 rings (SSSR count). The number of aliphatic imine (C=N–C) groups is 1. The van der Waals surface area contributed by atoms with Crippen LogP contribution in [0.25, 0.3) is 0 Å². The summed E-state index contributed by atoms with van der Waals surface area (Å²) < 4.78 is 10.8. The first-order valence-electron chi connectivity index (χ1n) is 8.46. The average molecular weight is 368 g/mol. The number of aliphatic hydroxyl groups excluding tert-OH is 2. The number of aliphatic hydroxyl groups is 2. The third-order valence-electron chi connectivity index (χ3n) is 4.38. The van der Waals surface area contributed by atoms with E-state index in [0.29, 0.717) is 19.0 Å². The highest BCUT2D eigenvalue weighted by molar-refractivity contribution is 5.82. The molecule has 2 aliphatic heterocycles. The van der Waals surface area contributed by atoms with Crippen molar-refractivity contribution in [1.82, 2.24) is 14.9 Å². The number of morpholine rings is 1. The van der Waals surface area contributed by atoms with Crippen molar-refractivity contribution in [3.8, 4) is 0 Å². The summed E-state index contributed by atoms with van der Waals surface area (Å²) in [4.78, 5) is 25.3. The zero-order valence-electron chi connectivity index (χ0n) is 14.5. The van der Waals surface area contributed by atoms with E-state index >= 15 is 0 Å². The molecule has 1 aromatic heterocycles. The molecule has 6 N–H and O–H groups in total. The molecule has 11 nitrogen and oxygen atoms in total. The van der Waals surface area contributed by atoms with Crippen LogP contribution in [-0.4, -0.2) is 82.3 Å². The Hall–Kier alpha value is -2.21. The second kappa shape index (κ2) is 7.99. The highest BCUT2D eigenvalue weighted by Gasteiger charge is 2.34. The second-order valence-electron chi connectivity index (χ2n) is 6.20. The van der Waals surface area contributed by atoms with Gasteiger partial charge in [-0.15, -0.1) is 0 Å². The molecular weight excluding hydrogens is 344 g/mol. The van der Waals surface area contributed by atoms with E-state index in [9.17, 15) is 9.90 Å². The molecule has 3 heterocycles. The van der Waals surface area contributed by atoms with E-state index in [1.807, 2.05) is 11.8 Å². The average Bonchev–Trinajstić information content (AvgIpc) is 2.99. The Balaban J connectivity index is 1.78. The van der Waals surface area contributed by atoms with Crippen molar-refractivity contribution >= 4 is 23.3 Å². The number of rotatable bonds is 4. The lowest BCUT2D eigenvalue weighted by Crippen LogP contribution is -2.39. The van der Waals surface area contributed by atoms with Gasteiger partial charge in [-0.3, -0.25) is 9.78 Å². The van der Waals surface area contributed by atoms with Crippen LogP contribution in [0.4, 0.5) is 17.5 Å². The zero-order valence-corrected chi connectivity index (χ0v) is 14.5. The maximum Gasteiger partial charge on any atom is 0.277 e. The molecule has 26 heavy (non-hydrogen) atoms. The standard InChI is InChI=1S/C15H24N6O5/c1-8(21-2-4-25-5-3-21)17-15-19-13(12(16)14(24)20-15)18-11-6-9(23)10(7-22)26-11/h9-11,22-23H,2-7,16H2,1H3,(H2,18,19,20,24)/b17-8+/t9-,10-,11-/m1/s1. The molecule has 0 bridgehead atoms. The minimum absolute atomic E-state index is 0.0986. The molecule has 11 heteroatoms. The number of hydrogen-bond donors (Lipinski definition) is 5. The number of amidine groups is 1. The van der Waals surface area contributed by atoms with Crippen molar-refractivity contribution in [3.05, 3.63) is 10.4 Å². The predicted octanol–water partition coefficient (Wildman–Crippen LogP) is -1.39. The Labute approximate surface area is 149 Å². The lowest BCUT2D eigenvalue weighted by molar-refractivity contribution is -0.0149. The molecule has 0 amide bonds. The van der Waals surface area contributed by atoms with Crippen LogP contribution in [0.3, 0.4) is 0 Å². The lowest BCUT2D eigenvalue weighted by atomic mass is 10.2. The van der Waals surface area contributed by atoms with Gasteiger partial charge in [-0.25, -0.2) is 4.99 Å². The summed E-state index contributed by atoms with van der Waals surface area (Å²) in [6, 6.07) is 0. The summed E-state index contributed by atoms with van der Waals surface area (Å²) in [6.45, 7) is 4.21. The van der Waals surface area contributed by atoms with Gasteiger partial charge in [-0.1, -0.05) is 0 Å². The molecule has 1 aromatic rings. The van der Waals surface area contributed by atoms with Gasteiger partial charge < -0.3 is 35.6 Å². The summed E-state index contributed by atoms with van der Waals surface area (Å²) in [5, 5.41) is 21.8. The second-order valence-corrected chi connectivity index (χ2v) is 6.20. The molecule has 0 unspecified atom stereocenters. The van der Waals surface area contributed by atoms with Gasteiger partial charge in [0.15, 0.2) is 5.82 Å². The van der Waals surface area contributed by atoms with Gasteiger partial charge >= 0.3 is 0 Å². The van der Waals surface area contributed by atoms with Gasteiger partial charge in [0.05, 0.1) is 25.9 Å². The summed E-state index contributed by atoms with van der Waals surface area (Å²) in [6.07, 6.45) is -1.86. The molecule has 3 atom stereocenters. The fourth-order valence-electron chi connectivity index (χ4n) is 2.88. The maximum absolute atomic E-state index is 12.1. The first-order valence-corrected chi connectivity index (χ1v) is 8.46. The number of anilines is 2. The molecule has 144 valence electrons. The van der Waals surface area contributed by atoms with Gasteiger partial charge in [0.1, 0.15) is 23.9 Å². The minimum Gasteiger partial charge on any atom is -0.394 e. The lowest BCUT2D eigenvalue weighted by Gasteiger charge is -2.28. The maximum atomic E-state index is 12.1. The van der Waals surface area contributed by atoms with E-state index in [2.05, 4.69) is 20.3 Å². The molecule has 0 saturated carbocycles. The fraction of sp³-hybridized carbons (Fsp3) is 0.667. The van der Waals surface area contributed by atoms with Crippen LogP contribution in [0, 0.1) is 0 Å². The van der Waals surface area contributed by atoms with Crippen LogP contribution in [-0.2, 0) is 9.47 Å². The number of hydrogen-bond acceptors (Lipinski definition) is 9. The topological polar surface area (TPSA) is 158 Å². The van der Waals surface area contributed by atoms with Crippen molar-refractivity contribution < 1.29 is 19.7 Å². The van der Waals surface area contributed by atoms with Crippen LogP contribution in [0.1, 0.15) is 13.3 Å². The van der Waals surface area contributed by atoms with Crippen molar-refractivity contribution in [2.24, 2.45) is 4.99 Å². The largest absolute Gasteiger partial charge is 0.394 e. The van der Waals surface area contributed by atoms with Crippen LogP contribution < -0.4 is 16.6 Å². The van der Waals surface area contributed by atoms with Crippen molar-refractivity contribution in [2.45, 2.75) is 31.8 Å². The molecule has 2 aliphatic rings. The molecule has 0 spiro atoms. The van der Waals surface area contributed by atoms with E-state index < -0.39 is 24.0 Å². The number of H-pyrrole nitrogens is 1. The Morgan fingerprint density at radius 3 is 2.88 bits per heavy atom. The van der Waals surface area contributed by atoms with E-state index in [1.165, 1.54) is 0 Å². The highest BCUT2D eigenvalue weighted by atomic mass is 16.5. The first-order chi connectivity index (χ1) is 12.5. The molecule has 0 radical (unpaired) electrons. The number of ether oxygens (including phenoxy) is 2. The van der Waals surface area contributed by atoms with Gasteiger partial charge in [-0.2, -0.15) is 4.98 Å². The van der Waals surface area contributed by atoms with E-state index in [-0.39, 0.29) is 30.5 Å². The Morgan fingerprint density at radius 2 is 2.23 bits per heavy atom. The van der Waals surface area contributed by atoms with E-state index in [4.69, 9.17) is 20.3 Å². The molecule has 0 aromatic carbocycles. The van der Waals surface area contributed by atoms with Crippen LogP contribution in [0.2, 0.25) is 0 Å².